The molecule has 3 unspecified atom stereocenters. The van der Waals surface area contributed by atoms with Gasteiger partial charge in [0.2, 0.25) is 21.8 Å². The molecule has 5 rings (SSSR count). The van der Waals surface area contributed by atoms with E-state index < -0.39 is 32.3 Å². The minimum atomic E-state index is -4.28. The van der Waals surface area contributed by atoms with Crippen molar-refractivity contribution in [2.24, 2.45) is 46.3 Å². The quantitative estimate of drug-likeness (QED) is 0.0534. The van der Waals surface area contributed by atoms with Gasteiger partial charge in [-0.05, 0) is 131 Å². The van der Waals surface area contributed by atoms with Crippen LogP contribution in [0.25, 0.3) is 0 Å². The Balaban J connectivity index is 1.21. The molecule has 3 N–H and O–H groups in total. The van der Waals surface area contributed by atoms with Crippen molar-refractivity contribution in [3.05, 3.63) is 46.0 Å². The van der Waals surface area contributed by atoms with Gasteiger partial charge in [-0.15, -0.1) is 0 Å². The van der Waals surface area contributed by atoms with E-state index in [0.717, 1.165) is 30.6 Å². The molecular weight excluding hydrogens is 795 g/mol. The van der Waals surface area contributed by atoms with Gasteiger partial charge >= 0.3 is 6.09 Å². The summed E-state index contributed by atoms with van der Waals surface area (Å²) in [6.07, 6.45) is 14.4. The lowest BCUT2D eigenvalue weighted by Gasteiger charge is -2.59. The highest BCUT2D eigenvalue weighted by molar-refractivity contribution is 7.89. The van der Waals surface area contributed by atoms with Gasteiger partial charge in [0.25, 0.3) is 5.69 Å². The van der Waals surface area contributed by atoms with Gasteiger partial charge in [-0.2, -0.15) is 4.31 Å². The number of nitrogens with one attached hydrogen (secondary N) is 3. The van der Waals surface area contributed by atoms with Crippen LogP contribution in [0.4, 0.5) is 10.5 Å². The highest BCUT2D eigenvalue weighted by Crippen LogP contribution is 2.67. The summed E-state index contributed by atoms with van der Waals surface area (Å²) >= 11 is 0. The molecule has 0 radical (unpaired) electrons. The number of benzene rings is 1. The molecule has 342 valence electrons. The summed E-state index contributed by atoms with van der Waals surface area (Å²) in [6, 6.07) is 5.19. The minimum Gasteiger partial charge on any atom is -0.444 e. The molecule has 0 aliphatic heterocycles. The van der Waals surface area contributed by atoms with Gasteiger partial charge in [-0.1, -0.05) is 77.7 Å². The third kappa shape index (κ3) is 11.7. The summed E-state index contributed by atoms with van der Waals surface area (Å²) in [6.45, 7) is 17.9. The maximum atomic E-state index is 14.5. The van der Waals surface area contributed by atoms with Crippen LogP contribution in [0.15, 0.2) is 40.8 Å². The van der Waals surface area contributed by atoms with Gasteiger partial charge in [-0.3, -0.25) is 19.7 Å². The highest BCUT2D eigenvalue weighted by Gasteiger charge is 2.59. The number of allylic oxidation sites excluding steroid dienone is 1. The van der Waals surface area contributed by atoms with Crippen LogP contribution in [0.5, 0.6) is 0 Å². The second-order valence-electron chi connectivity index (χ2n) is 20.5. The van der Waals surface area contributed by atoms with Crippen LogP contribution in [0.1, 0.15) is 145 Å². The molecule has 0 spiro atoms. The number of hydrogen-bond acceptors (Lipinski definition) is 8. The molecule has 0 aromatic heterocycles. The Morgan fingerprint density at radius 1 is 0.902 bits per heavy atom. The second kappa shape index (κ2) is 20.3. The van der Waals surface area contributed by atoms with Crippen molar-refractivity contribution in [2.45, 2.75) is 162 Å². The fourth-order valence-corrected chi connectivity index (χ4v) is 13.8. The molecule has 0 heterocycles. The number of para-hydroxylation sites is 1. The zero-order chi connectivity index (χ0) is 44.8. The minimum absolute atomic E-state index is 0.00606. The number of nitrogens with zero attached hydrogens (tertiary/aromatic N) is 2. The van der Waals surface area contributed by atoms with Crippen molar-refractivity contribution in [1.29, 1.82) is 0 Å². The van der Waals surface area contributed by atoms with Gasteiger partial charge in [0.1, 0.15) is 5.60 Å². The highest BCUT2D eigenvalue weighted by atomic mass is 32.2. The fourth-order valence-electron chi connectivity index (χ4n) is 11.9. The van der Waals surface area contributed by atoms with Gasteiger partial charge in [0, 0.05) is 51.1 Å². The lowest BCUT2D eigenvalue weighted by atomic mass is 9.47. The van der Waals surface area contributed by atoms with Crippen LogP contribution in [-0.4, -0.2) is 73.4 Å². The Bertz CT molecular complexity index is 1860. The van der Waals surface area contributed by atoms with E-state index in [4.69, 9.17) is 4.74 Å². The average molecular weight is 870 g/mol. The number of fused-ring (bicyclic) bond motifs is 5. The van der Waals surface area contributed by atoms with Crippen LogP contribution < -0.4 is 16.0 Å². The maximum absolute atomic E-state index is 14.5. The zero-order valence-corrected chi connectivity index (χ0v) is 39.0. The van der Waals surface area contributed by atoms with Gasteiger partial charge in [-0.25, -0.2) is 13.2 Å². The summed E-state index contributed by atoms with van der Waals surface area (Å²) in [5.74, 6) is 3.57. The van der Waals surface area contributed by atoms with Crippen LogP contribution in [0.2, 0.25) is 0 Å². The summed E-state index contributed by atoms with van der Waals surface area (Å²) in [4.78, 5) is 47.8. The van der Waals surface area contributed by atoms with Gasteiger partial charge in [0.05, 0.1) is 4.92 Å². The Kier molecular flexibility index (Phi) is 16.2. The SMILES string of the molecule is CC(C)CCC[C@@H](C)[C@H]1CCC2C3CC=C4C[C@@H](N(CCCNC(=O)CCNC(=O)CCNC(=O)OC(C)(C)C)S(=O)(=O)c5ccccc5[N+](=O)[O-])CC[C@]4(C)C3CC[C@@]21C. The summed E-state index contributed by atoms with van der Waals surface area (Å²) < 4.78 is 35.7. The van der Waals surface area contributed by atoms with Crippen LogP contribution in [0.3, 0.4) is 0 Å². The van der Waals surface area contributed by atoms with Crippen molar-refractivity contribution < 1.29 is 32.5 Å². The number of carbonyl (C=O) groups is 3. The van der Waals surface area contributed by atoms with Gasteiger partial charge in [0.15, 0.2) is 4.90 Å². The van der Waals surface area contributed by atoms with Crippen LogP contribution >= 0.6 is 0 Å². The standard InChI is InChI=1S/C47H75N5O8S/c1-32(2)13-11-14-33(3)37-19-20-38-36-18-17-34-31-35(21-25-46(34,7)39(36)22-26-47(37,38)8)51(61(58,59)41-16-10-9-15-40(41)52(56)57)30-12-27-48-42(53)23-28-49-43(54)24-29-50-44(55)60-45(4,5)6/h9-10,15-17,32-33,35-39H,11-14,18-31H2,1-8H3,(H,48,53)(H,49,54)(H,50,55)/t33-,35+,36?,37-,38?,39?,46+,47-/m1/s1. The van der Waals surface area contributed by atoms with Crippen molar-refractivity contribution >= 4 is 33.6 Å². The summed E-state index contributed by atoms with van der Waals surface area (Å²) in [7, 11) is -4.28. The summed E-state index contributed by atoms with van der Waals surface area (Å²) in [5.41, 5.74) is 0.612. The first-order chi connectivity index (χ1) is 28.7. The lowest BCUT2D eigenvalue weighted by Crippen LogP contribution is -2.53. The molecule has 3 fully saturated rings. The van der Waals surface area contributed by atoms with E-state index in [0.29, 0.717) is 42.4 Å². The van der Waals surface area contributed by atoms with E-state index in [1.54, 1.807) is 20.8 Å². The Morgan fingerprint density at radius 3 is 2.25 bits per heavy atom. The molecule has 1 aromatic carbocycles. The monoisotopic (exact) mass is 870 g/mol. The van der Waals surface area contributed by atoms with Crippen LogP contribution in [0, 0.1) is 56.5 Å². The Labute approximate surface area is 365 Å². The third-order valence-corrected chi connectivity index (χ3v) is 16.9. The Morgan fingerprint density at radius 2 is 1.57 bits per heavy atom. The largest absolute Gasteiger partial charge is 0.444 e. The summed E-state index contributed by atoms with van der Waals surface area (Å²) in [5, 5.41) is 20.1. The number of rotatable bonds is 19. The molecule has 8 atom stereocenters. The van der Waals surface area contributed by atoms with Crippen molar-refractivity contribution in [1.82, 2.24) is 20.3 Å². The molecule has 3 saturated carbocycles. The first-order valence-corrected chi connectivity index (χ1v) is 24.6. The molecule has 0 bridgehead atoms. The molecule has 0 saturated heterocycles. The fraction of sp³-hybridized carbons (Fsp3) is 0.766. The number of nitro benzene ring substituents is 1. The zero-order valence-electron chi connectivity index (χ0n) is 38.2. The molecular formula is C47H75N5O8S. The number of sulfonamides is 1. The Hall–Kier alpha value is -3.52. The average Bonchev–Trinajstić information content (AvgIpc) is 3.54. The number of ether oxygens (including phenoxy) is 1. The lowest BCUT2D eigenvalue weighted by molar-refractivity contribution is -0.387. The maximum Gasteiger partial charge on any atom is 0.407 e. The number of carbonyl (C=O) groups excluding carboxylic acids is 3. The van der Waals surface area contributed by atoms with E-state index in [2.05, 4.69) is 56.6 Å². The number of alkyl carbamates (subject to hydrolysis) is 1. The smallest absolute Gasteiger partial charge is 0.407 e. The van der Waals surface area contributed by atoms with E-state index in [-0.39, 0.29) is 67.2 Å². The molecule has 61 heavy (non-hydrogen) atoms. The third-order valence-electron chi connectivity index (χ3n) is 14.9. The molecule has 14 heteroatoms. The first-order valence-electron chi connectivity index (χ1n) is 23.1. The van der Waals surface area contributed by atoms with E-state index in [1.165, 1.54) is 79.1 Å². The molecule has 3 amide bonds. The first kappa shape index (κ1) is 48.5. The van der Waals surface area contributed by atoms with Crippen molar-refractivity contribution in [3.8, 4) is 0 Å². The number of amides is 3. The van der Waals surface area contributed by atoms with Crippen molar-refractivity contribution in [3.63, 3.8) is 0 Å². The second-order valence-corrected chi connectivity index (χ2v) is 22.4. The van der Waals surface area contributed by atoms with E-state index in [1.807, 2.05) is 0 Å². The number of nitro groups is 1. The van der Waals surface area contributed by atoms with E-state index in [9.17, 15) is 32.9 Å². The van der Waals surface area contributed by atoms with E-state index >= 15 is 0 Å². The molecule has 13 nitrogen and oxygen atoms in total. The molecule has 1 aromatic rings. The predicted molar refractivity (Wildman–Crippen MR) is 238 cm³/mol. The molecule has 4 aliphatic rings. The predicted octanol–water partition coefficient (Wildman–Crippen LogP) is 8.92. The van der Waals surface area contributed by atoms with Crippen LogP contribution in [-0.2, 0) is 24.3 Å². The normalized spacial score (nSPS) is 27.9. The number of hydrogen-bond donors (Lipinski definition) is 3. The van der Waals surface area contributed by atoms with Gasteiger partial charge < -0.3 is 20.7 Å². The topological polar surface area (TPSA) is 177 Å². The molecule has 4 aliphatic carbocycles. The van der Waals surface area contributed by atoms with Crippen molar-refractivity contribution in [2.75, 3.05) is 26.2 Å².